The van der Waals surface area contributed by atoms with E-state index < -0.39 is 6.09 Å². The number of para-hydroxylation sites is 2. The Kier molecular flexibility index (Phi) is 7.91. The summed E-state index contributed by atoms with van der Waals surface area (Å²) in [5, 5.41) is 2.73. The SMILES string of the molecule is O=C(NCC1COc2ccccc2O1)OCc1ccc(C(=O)N2CCCCC2N2CCCCC2)cc1. The van der Waals surface area contributed by atoms with Crippen LogP contribution in [0.15, 0.2) is 48.5 Å². The van der Waals surface area contributed by atoms with Gasteiger partial charge >= 0.3 is 6.09 Å². The minimum atomic E-state index is -0.518. The highest BCUT2D eigenvalue weighted by Crippen LogP contribution is 2.30. The van der Waals surface area contributed by atoms with Crippen molar-refractivity contribution < 1.29 is 23.8 Å². The van der Waals surface area contributed by atoms with Gasteiger partial charge < -0.3 is 24.4 Å². The Labute approximate surface area is 212 Å². The molecule has 5 rings (SSSR count). The molecular weight excluding hydrogens is 458 g/mol. The van der Waals surface area contributed by atoms with E-state index in [0.717, 1.165) is 38.0 Å². The summed E-state index contributed by atoms with van der Waals surface area (Å²) in [7, 11) is 0. The fourth-order valence-corrected chi connectivity index (χ4v) is 5.22. The average Bonchev–Trinajstić information content (AvgIpc) is 2.95. The van der Waals surface area contributed by atoms with Crippen LogP contribution in [0.3, 0.4) is 0 Å². The molecule has 2 fully saturated rings. The summed E-state index contributed by atoms with van der Waals surface area (Å²) in [4.78, 5) is 30.1. The third kappa shape index (κ3) is 5.93. The Hall–Kier alpha value is -3.26. The number of nitrogens with zero attached hydrogens (tertiary/aromatic N) is 2. The van der Waals surface area contributed by atoms with Crippen LogP contribution in [0.1, 0.15) is 54.4 Å². The second-order valence-electron chi connectivity index (χ2n) is 9.72. The van der Waals surface area contributed by atoms with E-state index in [1.807, 2.05) is 48.5 Å². The second kappa shape index (κ2) is 11.6. The Morgan fingerprint density at radius 1 is 0.917 bits per heavy atom. The minimum absolute atomic E-state index is 0.0896. The lowest BCUT2D eigenvalue weighted by molar-refractivity contribution is 0.00666. The third-order valence-corrected chi connectivity index (χ3v) is 7.16. The van der Waals surface area contributed by atoms with Crippen LogP contribution in [0.5, 0.6) is 11.5 Å². The molecule has 3 aliphatic rings. The maximum Gasteiger partial charge on any atom is 0.407 e. The zero-order valence-corrected chi connectivity index (χ0v) is 20.7. The number of amides is 2. The number of carbonyl (C=O) groups excluding carboxylic acids is 2. The Morgan fingerprint density at radius 3 is 2.47 bits per heavy atom. The summed E-state index contributed by atoms with van der Waals surface area (Å²) < 4.78 is 16.9. The highest BCUT2D eigenvalue weighted by atomic mass is 16.6. The van der Waals surface area contributed by atoms with Gasteiger partial charge in [0.15, 0.2) is 17.6 Å². The number of nitrogens with one attached hydrogen (secondary N) is 1. The van der Waals surface area contributed by atoms with Gasteiger partial charge in [0.25, 0.3) is 5.91 Å². The number of carbonyl (C=O) groups is 2. The predicted octanol–water partition coefficient (Wildman–Crippen LogP) is 4.19. The first-order valence-electron chi connectivity index (χ1n) is 13.1. The number of hydrogen-bond acceptors (Lipinski definition) is 6. The number of likely N-dealkylation sites (tertiary alicyclic amines) is 2. The van der Waals surface area contributed by atoms with Crippen LogP contribution in [0.4, 0.5) is 4.79 Å². The van der Waals surface area contributed by atoms with Crippen molar-refractivity contribution in [2.45, 2.75) is 57.4 Å². The topological polar surface area (TPSA) is 80.3 Å². The number of fused-ring (bicyclic) bond motifs is 1. The standard InChI is InChI=1S/C28H35N3O5/c32-27(31-17-7-4-10-26(31)30-15-5-1-6-16-30)22-13-11-21(12-14-22)19-35-28(33)29-18-23-20-34-24-8-2-3-9-25(24)36-23/h2-3,8-9,11-14,23,26H,1,4-7,10,15-20H2,(H,29,33). The first kappa shape index (κ1) is 24.4. The van der Waals surface area contributed by atoms with E-state index in [9.17, 15) is 9.59 Å². The summed E-state index contributed by atoms with van der Waals surface area (Å²) >= 11 is 0. The van der Waals surface area contributed by atoms with E-state index in [-0.39, 0.29) is 31.3 Å². The molecule has 2 aromatic carbocycles. The van der Waals surface area contributed by atoms with E-state index >= 15 is 0 Å². The van der Waals surface area contributed by atoms with Crippen molar-refractivity contribution in [1.82, 2.24) is 15.1 Å². The molecule has 2 amide bonds. The zero-order chi connectivity index (χ0) is 24.7. The maximum absolute atomic E-state index is 13.3. The predicted molar refractivity (Wildman–Crippen MR) is 135 cm³/mol. The number of rotatable bonds is 6. The average molecular weight is 494 g/mol. The van der Waals surface area contributed by atoms with Crippen LogP contribution in [-0.4, -0.2) is 66.9 Å². The molecule has 2 saturated heterocycles. The quantitative estimate of drug-likeness (QED) is 0.650. The van der Waals surface area contributed by atoms with Crippen LogP contribution < -0.4 is 14.8 Å². The van der Waals surface area contributed by atoms with Gasteiger partial charge in [0.05, 0.1) is 12.7 Å². The van der Waals surface area contributed by atoms with E-state index in [1.165, 1.54) is 25.7 Å². The monoisotopic (exact) mass is 493 g/mol. The number of piperidine rings is 2. The molecule has 2 unspecified atom stereocenters. The first-order valence-corrected chi connectivity index (χ1v) is 13.1. The van der Waals surface area contributed by atoms with Crippen molar-refractivity contribution in [3.63, 3.8) is 0 Å². The molecule has 0 aromatic heterocycles. The Bertz CT molecular complexity index is 1040. The molecule has 3 aliphatic heterocycles. The molecule has 3 heterocycles. The van der Waals surface area contributed by atoms with E-state index in [0.29, 0.717) is 23.7 Å². The molecule has 0 bridgehead atoms. The number of benzene rings is 2. The van der Waals surface area contributed by atoms with E-state index in [2.05, 4.69) is 15.1 Å². The second-order valence-corrected chi connectivity index (χ2v) is 9.72. The number of hydrogen-bond donors (Lipinski definition) is 1. The number of ether oxygens (including phenoxy) is 3. The molecule has 0 saturated carbocycles. The van der Waals surface area contributed by atoms with Crippen molar-refractivity contribution >= 4 is 12.0 Å². The van der Waals surface area contributed by atoms with Crippen molar-refractivity contribution in [3.8, 4) is 11.5 Å². The normalized spacial score (nSPS) is 22.1. The summed E-state index contributed by atoms with van der Waals surface area (Å²) in [6.07, 6.45) is 6.43. The molecule has 36 heavy (non-hydrogen) atoms. The fraction of sp³-hybridized carbons (Fsp3) is 0.500. The van der Waals surface area contributed by atoms with Gasteiger partial charge in [0.2, 0.25) is 0 Å². The fourth-order valence-electron chi connectivity index (χ4n) is 5.22. The van der Waals surface area contributed by atoms with Gasteiger partial charge in [-0.3, -0.25) is 9.69 Å². The van der Waals surface area contributed by atoms with Gasteiger partial charge in [-0.2, -0.15) is 0 Å². The van der Waals surface area contributed by atoms with Crippen LogP contribution in [0.25, 0.3) is 0 Å². The van der Waals surface area contributed by atoms with Gasteiger partial charge in [-0.25, -0.2) is 4.79 Å². The Balaban J connectivity index is 1.09. The van der Waals surface area contributed by atoms with Crippen molar-refractivity contribution in [3.05, 3.63) is 59.7 Å². The largest absolute Gasteiger partial charge is 0.486 e. The van der Waals surface area contributed by atoms with Gasteiger partial charge in [-0.05, 0) is 61.9 Å². The minimum Gasteiger partial charge on any atom is -0.486 e. The molecule has 0 aliphatic carbocycles. The molecule has 192 valence electrons. The summed E-state index contributed by atoms with van der Waals surface area (Å²) in [6.45, 7) is 3.76. The lowest BCUT2D eigenvalue weighted by Crippen LogP contribution is -2.54. The highest BCUT2D eigenvalue weighted by molar-refractivity contribution is 5.94. The number of alkyl carbamates (subject to hydrolysis) is 1. The van der Waals surface area contributed by atoms with Crippen LogP contribution in [0, 0.1) is 0 Å². The van der Waals surface area contributed by atoms with Crippen LogP contribution >= 0.6 is 0 Å². The first-order chi connectivity index (χ1) is 17.7. The molecular formula is C28H35N3O5. The van der Waals surface area contributed by atoms with Gasteiger partial charge in [0, 0.05) is 25.2 Å². The van der Waals surface area contributed by atoms with Crippen molar-refractivity contribution in [2.75, 3.05) is 32.8 Å². The molecule has 2 aromatic rings. The molecule has 2 atom stereocenters. The molecule has 0 spiro atoms. The maximum atomic E-state index is 13.3. The molecule has 1 N–H and O–H groups in total. The van der Waals surface area contributed by atoms with Crippen molar-refractivity contribution in [2.24, 2.45) is 0 Å². The molecule has 8 nitrogen and oxygen atoms in total. The lowest BCUT2D eigenvalue weighted by Gasteiger charge is -2.44. The zero-order valence-electron chi connectivity index (χ0n) is 20.7. The molecule has 0 radical (unpaired) electrons. The van der Waals surface area contributed by atoms with E-state index in [1.54, 1.807) is 0 Å². The highest BCUT2D eigenvalue weighted by Gasteiger charge is 2.32. The van der Waals surface area contributed by atoms with Crippen molar-refractivity contribution in [1.29, 1.82) is 0 Å². The van der Waals surface area contributed by atoms with Crippen LogP contribution in [0.2, 0.25) is 0 Å². The third-order valence-electron chi connectivity index (χ3n) is 7.16. The van der Waals surface area contributed by atoms with Gasteiger partial charge in [-0.15, -0.1) is 0 Å². The summed E-state index contributed by atoms with van der Waals surface area (Å²) in [5.74, 6) is 1.47. The summed E-state index contributed by atoms with van der Waals surface area (Å²) in [6, 6.07) is 14.9. The smallest absolute Gasteiger partial charge is 0.407 e. The van der Waals surface area contributed by atoms with Gasteiger partial charge in [0.1, 0.15) is 13.2 Å². The lowest BCUT2D eigenvalue weighted by atomic mass is 10.0. The Morgan fingerprint density at radius 2 is 1.67 bits per heavy atom. The molecule has 8 heteroatoms. The summed E-state index contributed by atoms with van der Waals surface area (Å²) in [5.41, 5.74) is 1.51. The van der Waals surface area contributed by atoms with Gasteiger partial charge in [-0.1, -0.05) is 30.7 Å². The van der Waals surface area contributed by atoms with E-state index in [4.69, 9.17) is 14.2 Å². The van der Waals surface area contributed by atoms with Crippen LogP contribution in [-0.2, 0) is 11.3 Å².